The molecule has 2 rings (SSSR count). The summed E-state index contributed by atoms with van der Waals surface area (Å²) in [5.41, 5.74) is 0.617. The third kappa shape index (κ3) is 3.85. The number of nitrogens with one attached hydrogen (secondary N) is 1. The highest BCUT2D eigenvalue weighted by molar-refractivity contribution is 5.61. The van der Waals surface area contributed by atoms with Crippen molar-refractivity contribution in [1.82, 2.24) is 15.0 Å². The normalized spacial score (nSPS) is 10.4. The molecule has 0 bridgehead atoms. The van der Waals surface area contributed by atoms with Gasteiger partial charge in [0.05, 0.1) is 11.0 Å². The van der Waals surface area contributed by atoms with E-state index in [4.69, 9.17) is 4.74 Å². The van der Waals surface area contributed by atoms with Crippen molar-refractivity contribution < 1.29 is 9.66 Å². The average molecular weight is 289 g/mol. The maximum absolute atomic E-state index is 11.2. The number of hydrogen-bond donors (Lipinski definition) is 1. The monoisotopic (exact) mass is 289 g/mol. The first-order valence-corrected chi connectivity index (χ1v) is 6.36. The molecular formula is C13H15N5O3. The zero-order valence-electron chi connectivity index (χ0n) is 11.7. The Morgan fingerprint density at radius 2 is 2.24 bits per heavy atom. The van der Waals surface area contributed by atoms with Gasteiger partial charge < -0.3 is 10.1 Å². The molecule has 1 N–H and O–H groups in total. The molecule has 0 aliphatic heterocycles. The number of nitro groups is 1. The minimum Gasteiger partial charge on any atom is -0.470 e. The maximum atomic E-state index is 11.2. The molecule has 0 atom stereocenters. The van der Waals surface area contributed by atoms with Gasteiger partial charge in [0.15, 0.2) is 0 Å². The zero-order chi connectivity index (χ0) is 15.2. The van der Waals surface area contributed by atoms with E-state index in [-0.39, 0.29) is 23.5 Å². The molecule has 0 spiro atoms. The predicted octanol–water partition coefficient (Wildman–Crippen LogP) is 2.18. The van der Waals surface area contributed by atoms with Crippen LogP contribution in [0.3, 0.4) is 0 Å². The highest BCUT2D eigenvalue weighted by atomic mass is 16.6. The van der Waals surface area contributed by atoms with Crippen LogP contribution in [-0.2, 0) is 6.54 Å². The fourth-order valence-corrected chi connectivity index (χ4v) is 1.65. The highest BCUT2D eigenvalue weighted by Crippen LogP contribution is 2.31. The molecule has 0 unspecified atom stereocenters. The number of aromatic nitrogens is 3. The summed E-state index contributed by atoms with van der Waals surface area (Å²) in [4.78, 5) is 22.4. The standard InChI is InChI=1S/C13H15N5O3/c1-9(2)21-13-11(18(19)20)12(16-8-17-13)15-7-10-4-3-5-14-6-10/h3-6,8-9H,7H2,1-2H3,(H,15,16,17). The van der Waals surface area contributed by atoms with Gasteiger partial charge in [-0.15, -0.1) is 0 Å². The van der Waals surface area contributed by atoms with Crippen LogP contribution in [0.4, 0.5) is 11.5 Å². The van der Waals surface area contributed by atoms with E-state index in [1.165, 1.54) is 6.33 Å². The smallest absolute Gasteiger partial charge is 0.372 e. The summed E-state index contributed by atoms with van der Waals surface area (Å²) in [6.07, 6.45) is 4.34. The Kier molecular flexibility index (Phi) is 4.60. The van der Waals surface area contributed by atoms with Gasteiger partial charge in [0.1, 0.15) is 6.33 Å². The van der Waals surface area contributed by atoms with Gasteiger partial charge in [-0.05, 0) is 25.5 Å². The Hall–Kier alpha value is -2.77. The largest absolute Gasteiger partial charge is 0.470 e. The van der Waals surface area contributed by atoms with Crippen molar-refractivity contribution in [3.8, 4) is 5.88 Å². The number of ether oxygens (including phenoxy) is 1. The molecule has 2 aromatic rings. The van der Waals surface area contributed by atoms with E-state index in [2.05, 4.69) is 20.3 Å². The molecular weight excluding hydrogens is 274 g/mol. The molecule has 0 fully saturated rings. The number of anilines is 1. The van der Waals surface area contributed by atoms with Gasteiger partial charge in [-0.1, -0.05) is 6.07 Å². The lowest BCUT2D eigenvalue weighted by atomic mass is 10.3. The Bertz CT molecular complexity index is 618. The summed E-state index contributed by atoms with van der Waals surface area (Å²) in [6, 6.07) is 3.65. The van der Waals surface area contributed by atoms with Gasteiger partial charge >= 0.3 is 5.69 Å². The van der Waals surface area contributed by atoms with Crippen LogP contribution in [0.1, 0.15) is 19.4 Å². The molecule has 110 valence electrons. The first kappa shape index (κ1) is 14.6. The molecule has 8 heteroatoms. The number of hydrogen-bond acceptors (Lipinski definition) is 7. The topological polar surface area (TPSA) is 103 Å². The minimum atomic E-state index is -0.552. The number of pyridine rings is 1. The van der Waals surface area contributed by atoms with Crippen molar-refractivity contribution in [2.24, 2.45) is 0 Å². The summed E-state index contributed by atoms with van der Waals surface area (Å²) in [5, 5.41) is 14.1. The SMILES string of the molecule is CC(C)Oc1ncnc(NCc2cccnc2)c1[N+](=O)[O-]. The van der Waals surface area contributed by atoms with Crippen molar-refractivity contribution in [1.29, 1.82) is 0 Å². The Morgan fingerprint density at radius 1 is 1.43 bits per heavy atom. The second kappa shape index (κ2) is 6.60. The van der Waals surface area contributed by atoms with Crippen LogP contribution < -0.4 is 10.1 Å². The first-order valence-electron chi connectivity index (χ1n) is 6.36. The molecule has 0 amide bonds. The molecule has 2 aromatic heterocycles. The van der Waals surface area contributed by atoms with E-state index < -0.39 is 4.92 Å². The molecule has 0 aliphatic carbocycles. The van der Waals surface area contributed by atoms with Crippen LogP contribution in [0.15, 0.2) is 30.9 Å². The van der Waals surface area contributed by atoms with E-state index in [0.29, 0.717) is 6.54 Å². The summed E-state index contributed by atoms with van der Waals surface area (Å²) in [6.45, 7) is 3.91. The molecule has 0 saturated heterocycles. The third-order valence-electron chi connectivity index (χ3n) is 2.50. The van der Waals surface area contributed by atoms with Crippen molar-refractivity contribution in [2.45, 2.75) is 26.5 Å². The molecule has 0 aromatic carbocycles. The van der Waals surface area contributed by atoms with E-state index >= 15 is 0 Å². The second-order valence-corrected chi connectivity index (χ2v) is 4.51. The lowest BCUT2D eigenvalue weighted by molar-refractivity contribution is -0.385. The number of rotatable bonds is 6. The molecule has 21 heavy (non-hydrogen) atoms. The van der Waals surface area contributed by atoms with Gasteiger partial charge in [-0.2, -0.15) is 4.98 Å². The number of nitrogens with zero attached hydrogens (tertiary/aromatic N) is 4. The fourth-order valence-electron chi connectivity index (χ4n) is 1.65. The molecule has 0 saturated carbocycles. The van der Waals surface area contributed by atoms with Crippen LogP contribution in [0, 0.1) is 10.1 Å². The quantitative estimate of drug-likeness (QED) is 0.642. The van der Waals surface area contributed by atoms with Crippen molar-refractivity contribution in [3.63, 3.8) is 0 Å². The highest BCUT2D eigenvalue weighted by Gasteiger charge is 2.24. The lowest BCUT2D eigenvalue weighted by Crippen LogP contribution is -2.12. The first-order chi connectivity index (χ1) is 10.1. The summed E-state index contributed by atoms with van der Waals surface area (Å²) < 4.78 is 5.35. The summed E-state index contributed by atoms with van der Waals surface area (Å²) in [5.74, 6) is 0.0770. The third-order valence-corrected chi connectivity index (χ3v) is 2.50. The fraction of sp³-hybridized carbons (Fsp3) is 0.308. The lowest BCUT2D eigenvalue weighted by Gasteiger charge is -2.11. The van der Waals surface area contributed by atoms with Gasteiger partial charge in [-0.25, -0.2) is 4.98 Å². The Morgan fingerprint density at radius 3 is 2.86 bits per heavy atom. The van der Waals surface area contributed by atoms with Gasteiger partial charge in [-0.3, -0.25) is 15.1 Å². The van der Waals surface area contributed by atoms with E-state index in [1.54, 1.807) is 32.3 Å². The van der Waals surface area contributed by atoms with Crippen LogP contribution in [-0.4, -0.2) is 26.0 Å². The molecule has 8 nitrogen and oxygen atoms in total. The Balaban J connectivity index is 2.24. The van der Waals surface area contributed by atoms with Crippen LogP contribution in [0.25, 0.3) is 0 Å². The van der Waals surface area contributed by atoms with Crippen molar-refractivity contribution in [3.05, 3.63) is 46.5 Å². The molecule has 0 radical (unpaired) electrons. The average Bonchev–Trinajstić information content (AvgIpc) is 2.45. The van der Waals surface area contributed by atoms with Crippen molar-refractivity contribution >= 4 is 11.5 Å². The van der Waals surface area contributed by atoms with Crippen molar-refractivity contribution in [2.75, 3.05) is 5.32 Å². The maximum Gasteiger partial charge on any atom is 0.372 e. The summed E-state index contributed by atoms with van der Waals surface area (Å²) in [7, 11) is 0. The van der Waals surface area contributed by atoms with E-state index in [9.17, 15) is 10.1 Å². The van der Waals surface area contributed by atoms with Crippen LogP contribution in [0.5, 0.6) is 5.88 Å². The van der Waals surface area contributed by atoms with Gasteiger partial charge in [0, 0.05) is 18.9 Å². The molecule has 2 heterocycles. The molecule has 0 aliphatic rings. The van der Waals surface area contributed by atoms with E-state index in [1.807, 2.05) is 6.07 Å². The Labute approximate surface area is 121 Å². The minimum absolute atomic E-state index is 0.0429. The van der Waals surface area contributed by atoms with Crippen LogP contribution in [0.2, 0.25) is 0 Å². The zero-order valence-corrected chi connectivity index (χ0v) is 11.7. The van der Waals surface area contributed by atoms with E-state index in [0.717, 1.165) is 5.56 Å². The predicted molar refractivity (Wildman–Crippen MR) is 76.0 cm³/mol. The summed E-state index contributed by atoms with van der Waals surface area (Å²) >= 11 is 0. The second-order valence-electron chi connectivity index (χ2n) is 4.51. The van der Waals surface area contributed by atoms with Crippen LogP contribution >= 0.6 is 0 Å². The van der Waals surface area contributed by atoms with Gasteiger partial charge in [0.2, 0.25) is 5.82 Å². The van der Waals surface area contributed by atoms with Gasteiger partial charge in [0.25, 0.3) is 5.88 Å².